The number of hydrogen-bond donors (Lipinski definition) is 1. The number of carbonyl (C=O) groups is 2. The van der Waals surface area contributed by atoms with Crippen molar-refractivity contribution in [2.24, 2.45) is 0 Å². The molecule has 1 unspecified atom stereocenters. The lowest BCUT2D eigenvalue weighted by atomic mass is 10.0. The first-order valence-corrected chi connectivity index (χ1v) is 7.17. The van der Waals surface area contributed by atoms with E-state index in [0.717, 1.165) is 26.1 Å². The summed E-state index contributed by atoms with van der Waals surface area (Å²) in [4.78, 5) is 29.0. The van der Waals surface area contributed by atoms with Crippen molar-refractivity contribution < 1.29 is 14.0 Å². The van der Waals surface area contributed by atoms with Gasteiger partial charge in [0, 0.05) is 25.3 Å². The third-order valence-corrected chi connectivity index (χ3v) is 4.30. The van der Waals surface area contributed by atoms with Gasteiger partial charge in [0.25, 0.3) is 6.01 Å². The summed E-state index contributed by atoms with van der Waals surface area (Å²) in [5.74, 6) is -0.00330. The lowest BCUT2D eigenvalue weighted by Gasteiger charge is -2.36. The molecule has 1 N–H and O–H groups in total. The Balaban J connectivity index is 1.57. The van der Waals surface area contributed by atoms with Gasteiger partial charge in [0.2, 0.25) is 5.78 Å². The maximum atomic E-state index is 11.9. The van der Waals surface area contributed by atoms with Crippen molar-refractivity contribution in [2.75, 3.05) is 24.5 Å². The third-order valence-electron chi connectivity index (χ3n) is 3.34. The van der Waals surface area contributed by atoms with Crippen LogP contribution in [0.1, 0.15) is 23.8 Å². The number of Topliss-reactive ketones (excluding diaryl/α,β-unsaturated/α-hetero) is 1. The number of ketones is 1. The highest BCUT2D eigenvalue weighted by molar-refractivity contribution is 8.14. The van der Waals surface area contributed by atoms with Gasteiger partial charge < -0.3 is 14.6 Å². The maximum absolute atomic E-state index is 11.9. The van der Waals surface area contributed by atoms with Crippen molar-refractivity contribution in [2.45, 2.75) is 24.6 Å². The minimum atomic E-state index is -0.102. The Morgan fingerprint density at radius 3 is 2.84 bits per heavy atom. The fraction of sp³-hybridized carbons (Fsp3) is 0.583. The summed E-state index contributed by atoms with van der Waals surface area (Å²) >= 11 is 1.34. The molecule has 0 aromatic carbocycles. The van der Waals surface area contributed by atoms with Crippen molar-refractivity contribution in [3.8, 4) is 0 Å². The molecule has 3 heterocycles. The van der Waals surface area contributed by atoms with Crippen LogP contribution in [0.3, 0.4) is 0 Å². The standard InChI is InChI=1S/C12H15N3O3S/c1-7(16)19-8-4-15(5-8)12-14-10(6-18-12)11(17)9-2-3-13-9/h6,8-9,13H,2-5H2,1H3. The van der Waals surface area contributed by atoms with Crippen LogP contribution in [0.4, 0.5) is 6.01 Å². The van der Waals surface area contributed by atoms with Crippen LogP contribution in [-0.4, -0.2) is 46.8 Å². The van der Waals surface area contributed by atoms with Crippen molar-refractivity contribution in [3.63, 3.8) is 0 Å². The Labute approximate surface area is 114 Å². The molecule has 3 rings (SSSR count). The van der Waals surface area contributed by atoms with Crippen molar-refractivity contribution in [1.82, 2.24) is 10.3 Å². The van der Waals surface area contributed by atoms with E-state index in [1.807, 2.05) is 4.90 Å². The number of nitrogens with zero attached hydrogens (tertiary/aromatic N) is 2. The highest BCUT2D eigenvalue weighted by Crippen LogP contribution is 2.28. The summed E-state index contributed by atoms with van der Waals surface area (Å²) in [6.45, 7) is 3.93. The lowest BCUT2D eigenvalue weighted by Crippen LogP contribution is -2.50. The number of thioether (sulfide) groups is 1. The monoisotopic (exact) mass is 281 g/mol. The van der Waals surface area contributed by atoms with Crippen molar-refractivity contribution >= 4 is 28.7 Å². The normalized spacial score (nSPS) is 22.8. The molecule has 1 aromatic heterocycles. The number of rotatable bonds is 4. The summed E-state index contributed by atoms with van der Waals surface area (Å²) in [6.07, 6.45) is 2.28. The van der Waals surface area contributed by atoms with E-state index in [2.05, 4.69) is 10.3 Å². The van der Waals surface area contributed by atoms with Gasteiger partial charge in [-0.3, -0.25) is 9.59 Å². The Kier molecular flexibility index (Phi) is 3.32. The molecule has 0 saturated carbocycles. The van der Waals surface area contributed by atoms with E-state index < -0.39 is 0 Å². The summed E-state index contributed by atoms with van der Waals surface area (Å²) in [7, 11) is 0. The molecule has 0 spiro atoms. The van der Waals surface area contributed by atoms with Crippen LogP contribution in [-0.2, 0) is 4.79 Å². The third kappa shape index (κ3) is 2.52. The highest BCUT2D eigenvalue weighted by atomic mass is 32.2. The van der Waals surface area contributed by atoms with E-state index in [1.54, 1.807) is 6.92 Å². The average Bonchev–Trinajstić information content (AvgIpc) is 2.68. The Morgan fingerprint density at radius 2 is 2.26 bits per heavy atom. The van der Waals surface area contributed by atoms with Gasteiger partial charge in [-0.25, -0.2) is 0 Å². The van der Waals surface area contributed by atoms with Crippen LogP contribution < -0.4 is 10.2 Å². The topological polar surface area (TPSA) is 75.4 Å². The minimum absolute atomic E-state index is 0.00330. The molecule has 6 nitrogen and oxygen atoms in total. The van der Waals surface area contributed by atoms with E-state index in [-0.39, 0.29) is 16.9 Å². The molecular formula is C12H15N3O3S. The second kappa shape index (κ2) is 4.97. The molecule has 7 heteroatoms. The predicted octanol–water partition coefficient (Wildman–Crippen LogP) is 0.687. The molecule has 19 heavy (non-hydrogen) atoms. The number of nitrogens with one attached hydrogen (secondary N) is 1. The molecule has 2 aliphatic heterocycles. The fourth-order valence-corrected chi connectivity index (χ4v) is 3.10. The van der Waals surface area contributed by atoms with Gasteiger partial charge in [-0.05, 0) is 13.0 Å². The molecule has 0 aliphatic carbocycles. The summed E-state index contributed by atoms with van der Waals surface area (Å²) < 4.78 is 5.33. The van der Waals surface area contributed by atoms with Crippen LogP contribution in [0.25, 0.3) is 0 Å². The molecule has 2 fully saturated rings. The van der Waals surface area contributed by atoms with Gasteiger partial charge in [0.15, 0.2) is 5.12 Å². The Morgan fingerprint density at radius 1 is 1.53 bits per heavy atom. The lowest BCUT2D eigenvalue weighted by molar-refractivity contribution is -0.109. The highest BCUT2D eigenvalue weighted by Gasteiger charge is 2.33. The smallest absolute Gasteiger partial charge is 0.297 e. The number of hydrogen-bond acceptors (Lipinski definition) is 7. The predicted molar refractivity (Wildman–Crippen MR) is 71.5 cm³/mol. The van der Waals surface area contributed by atoms with E-state index in [0.29, 0.717) is 17.0 Å². The average molecular weight is 281 g/mol. The number of aromatic nitrogens is 1. The summed E-state index contributed by atoms with van der Waals surface area (Å²) in [5, 5.41) is 3.48. The summed E-state index contributed by atoms with van der Waals surface area (Å²) in [5.41, 5.74) is 0.384. The largest absolute Gasteiger partial charge is 0.431 e. The zero-order valence-electron chi connectivity index (χ0n) is 10.6. The molecule has 1 aromatic rings. The van der Waals surface area contributed by atoms with E-state index in [4.69, 9.17) is 4.42 Å². The number of carbonyl (C=O) groups excluding carboxylic acids is 2. The Hall–Kier alpha value is -1.34. The van der Waals surface area contributed by atoms with Crippen LogP contribution in [0, 0.1) is 0 Å². The first-order chi connectivity index (χ1) is 9.13. The number of oxazole rings is 1. The Bertz CT molecular complexity index is 506. The first-order valence-electron chi connectivity index (χ1n) is 6.29. The molecule has 0 bridgehead atoms. The molecule has 1 atom stereocenters. The zero-order valence-corrected chi connectivity index (χ0v) is 11.4. The van der Waals surface area contributed by atoms with Crippen molar-refractivity contribution in [3.05, 3.63) is 12.0 Å². The molecular weight excluding hydrogens is 266 g/mol. The van der Waals surface area contributed by atoms with Crippen LogP contribution in [0.2, 0.25) is 0 Å². The van der Waals surface area contributed by atoms with E-state index in [1.165, 1.54) is 18.0 Å². The van der Waals surface area contributed by atoms with Gasteiger partial charge in [-0.2, -0.15) is 4.98 Å². The first kappa shape index (κ1) is 12.7. The van der Waals surface area contributed by atoms with E-state index in [9.17, 15) is 9.59 Å². The molecule has 2 saturated heterocycles. The minimum Gasteiger partial charge on any atom is -0.431 e. The van der Waals surface area contributed by atoms with Gasteiger partial charge in [0.1, 0.15) is 12.0 Å². The van der Waals surface area contributed by atoms with Gasteiger partial charge in [0.05, 0.1) is 6.04 Å². The van der Waals surface area contributed by atoms with E-state index >= 15 is 0 Å². The second-order valence-electron chi connectivity index (χ2n) is 4.81. The molecule has 2 aliphatic rings. The summed E-state index contributed by atoms with van der Waals surface area (Å²) in [6, 6.07) is 0.374. The zero-order chi connectivity index (χ0) is 13.4. The van der Waals surface area contributed by atoms with Crippen LogP contribution >= 0.6 is 11.8 Å². The van der Waals surface area contributed by atoms with Gasteiger partial charge in [-0.1, -0.05) is 11.8 Å². The second-order valence-corrected chi connectivity index (χ2v) is 6.29. The van der Waals surface area contributed by atoms with Crippen LogP contribution in [0.15, 0.2) is 10.7 Å². The van der Waals surface area contributed by atoms with Crippen LogP contribution in [0.5, 0.6) is 0 Å². The van der Waals surface area contributed by atoms with Crippen molar-refractivity contribution in [1.29, 1.82) is 0 Å². The SMILES string of the molecule is CC(=O)SC1CN(c2nc(C(=O)C3CCN3)co2)C1. The molecule has 0 amide bonds. The quantitative estimate of drug-likeness (QED) is 0.814. The number of anilines is 1. The fourth-order valence-electron chi connectivity index (χ4n) is 2.12. The van der Waals surface area contributed by atoms with Gasteiger partial charge >= 0.3 is 0 Å². The molecule has 102 valence electrons. The molecule has 0 radical (unpaired) electrons. The van der Waals surface area contributed by atoms with Gasteiger partial charge in [-0.15, -0.1) is 0 Å². The maximum Gasteiger partial charge on any atom is 0.297 e.